The predicted octanol–water partition coefficient (Wildman–Crippen LogP) is 4.55. The van der Waals surface area contributed by atoms with Gasteiger partial charge >= 0.3 is 0 Å². The first-order valence-corrected chi connectivity index (χ1v) is 12.4. The Kier molecular flexibility index (Phi) is 6.00. The third-order valence-electron chi connectivity index (χ3n) is 8.51. The lowest BCUT2D eigenvalue weighted by Crippen LogP contribution is -2.72. The largest absolute Gasteiger partial charge is 0.391 e. The average Bonchev–Trinajstić information content (AvgIpc) is 2.73. The van der Waals surface area contributed by atoms with Crippen molar-refractivity contribution in [1.29, 1.82) is 0 Å². The molecule has 4 unspecified atom stereocenters. The standard InChI is InChI=1S/C26H40N2O/c29-23-19-27-15-11-7-3-1-5-9-13-21-17-22-18-28-16-12-8-4-2-6-10-14-26(20-27,24(22)23)25(21)28/h1-2,5-6,17,22-25,29H,3-4,7-16,18-20H2/b5-1-,6-2-/t22?,23-,24?,25+,26-/m0/s1. The lowest BCUT2D eigenvalue weighted by atomic mass is 9.51. The van der Waals surface area contributed by atoms with Crippen LogP contribution in [0.25, 0.3) is 0 Å². The Morgan fingerprint density at radius 3 is 2.48 bits per heavy atom. The van der Waals surface area contributed by atoms with Crippen molar-refractivity contribution in [2.45, 2.75) is 76.4 Å². The molecule has 5 aliphatic heterocycles. The Bertz CT molecular complexity index is 668. The van der Waals surface area contributed by atoms with Crippen LogP contribution in [0.5, 0.6) is 0 Å². The molecule has 29 heavy (non-hydrogen) atoms. The van der Waals surface area contributed by atoms with Gasteiger partial charge in [0.25, 0.3) is 0 Å². The third kappa shape index (κ3) is 3.79. The van der Waals surface area contributed by atoms with Crippen molar-refractivity contribution in [1.82, 2.24) is 9.80 Å². The molecule has 0 amide bonds. The van der Waals surface area contributed by atoms with E-state index in [0.717, 1.165) is 13.1 Å². The first kappa shape index (κ1) is 20.0. The zero-order chi connectivity index (χ0) is 19.7. The second kappa shape index (κ2) is 8.69. The Balaban J connectivity index is 1.57. The zero-order valence-electron chi connectivity index (χ0n) is 18.1. The van der Waals surface area contributed by atoms with Gasteiger partial charge in [-0.1, -0.05) is 36.0 Å². The van der Waals surface area contributed by atoms with Gasteiger partial charge in [0, 0.05) is 37.0 Å². The van der Waals surface area contributed by atoms with Gasteiger partial charge < -0.3 is 10.0 Å². The summed E-state index contributed by atoms with van der Waals surface area (Å²) < 4.78 is 0. The number of piperidine rings is 2. The normalized spacial score (nSPS) is 47.7. The fraction of sp³-hybridized carbons (Fsp3) is 0.769. The predicted molar refractivity (Wildman–Crippen MR) is 120 cm³/mol. The van der Waals surface area contributed by atoms with E-state index in [0.29, 0.717) is 17.9 Å². The molecule has 0 saturated carbocycles. The first-order chi connectivity index (χ1) is 14.3. The second-order valence-corrected chi connectivity index (χ2v) is 10.4. The second-order valence-electron chi connectivity index (χ2n) is 10.4. The minimum absolute atomic E-state index is 0.159. The quantitative estimate of drug-likeness (QED) is 0.609. The van der Waals surface area contributed by atoms with E-state index in [2.05, 4.69) is 40.2 Å². The molecule has 0 aromatic heterocycles. The number of aliphatic hydroxyl groups is 1. The van der Waals surface area contributed by atoms with Gasteiger partial charge in [0.1, 0.15) is 0 Å². The molecule has 0 aromatic carbocycles. The summed E-state index contributed by atoms with van der Waals surface area (Å²) >= 11 is 0. The maximum Gasteiger partial charge on any atom is 0.0707 e. The van der Waals surface area contributed by atoms with Crippen LogP contribution in [0.15, 0.2) is 36.0 Å². The van der Waals surface area contributed by atoms with E-state index in [1.807, 2.05) is 0 Å². The maximum absolute atomic E-state index is 11.4. The number of hydrogen-bond acceptors (Lipinski definition) is 3. The lowest BCUT2D eigenvalue weighted by molar-refractivity contribution is -0.160. The molecule has 5 heterocycles. The van der Waals surface area contributed by atoms with Gasteiger partial charge in [-0.25, -0.2) is 0 Å². The van der Waals surface area contributed by atoms with Crippen LogP contribution < -0.4 is 0 Å². The monoisotopic (exact) mass is 396 g/mol. The Morgan fingerprint density at radius 2 is 1.62 bits per heavy atom. The molecule has 3 nitrogen and oxygen atoms in total. The van der Waals surface area contributed by atoms with Crippen molar-refractivity contribution < 1.29 is 5.11 Å². The van der Waals surface area contributed by atoms with Crippen LogP contribution in [0.1, 0.15) is 64.2 Å². The van der Waals surface area contributed by atoms with Gasteiger partial charge in [0.15, 0.2) is 0 Å². The summed E-state index contributed by atoms with van der Waals surface area (Å²) in [4.78, 5) is 5.50. The van der Waals surface area contributed by atoms with Crippen LogP contribution in [0.4, 0.5) is 0 Å². The van der Waals surface area contributed by atoms with Crippen LogP contribution >= 0.6 is 0 Å². The molecule has 1 N–H and O–H groups in total. The third-order valence-corrected chi connectivity index (χ3v) is 8.51. The maximum atomic E-state index is 11.4. The van der Waals surface area contributed by atoms with Gasteiger partial charge in [-0.2, -0.15) is 0 Å². The fourth-order valence-corrected chi connectivity index (χ4v) is 7.55. The van der Waals surface area contributed by atoms with Crippen molar-refractivity contribution in [2.75, 3.05) is 32.7 Å². The number of aliphatic hydroxyl groups excluding tert-OH is 1. The molecule has 1 spiro atoms. The summed E-state index contributed by atoms with van der Waals surface area (Å²) in [5.74, 6) is 1.00. The van der Waals surface area contributed by atoms with Crippen molar-refractivity contribution in [3.63, 3.8) is 0 Å². The van der Waals surface area contributed by atoms with Gasteiger partial charge in [-0.3, -0.25) is 4.90 Å². The molecule has 6 bridgehead atoms. The highest BCUT2D eigenvalue weighted by molar-refractivity contribution is 5.31. The topological polar surface area (TPSA) is 26.7 Å². The molecular formula is C26H40N2O. The SMILES string of the molecule is O[C@H]1CN2CCCC/C=C\CCC3=CC4CN5CCCC/C=C\CC[C@](C2)(C41)[C@@H]35. The van der Waals surface area contributed by atoms with Crippen LogP contribution in [0.2, 0.25) is 0 Å². The molecule has 7 atom stereocenters. The van der Waals surface area contributed by atoms with Crippen LogP contribution in [-0.2, 0) is 0 Å². The molecule has 0 aromatic rings. The lowest BCUT2D eigenvalue weighted by Gasteiger charge is -2.65. The number of fused-ring (bicyclic) bond motifs is 1. The van der Waals surface area contributed by atoms with E-state index < -0.39 is 0 Å². The highest BCUT2D eigenvalue weighted by Gasteiger charge is 2.61. The molecule has 2 fully saturated rings. The van der Waals surface area contributed by atoms with E-state index in [4.69, 9.17) is 0 Å². The summed E-state index contributed by atoms with van der Waals surface area (Å²) in [5, 5.41) is 11.4. The summed E-state index contributed by atoms with van der Waals surface area (Å²) in [5.41, 5.74) is 1.94. The van der Waals surface area contributed by atoms with Crippen LogP contribution in [-0.4, -0.2) is 59.8 Å². The van der Waals surface area contributed by atoms with Gasteiger partial charge in [-0.15, -0.1) is 0 Å². The average molecular weight is 397 g/mol. The molecule has 160 valence electrons. The van der Waals surface area contributed by atoms with Gasteiger partial charge in [0.2, 0.25) is 0 Å². The first-order valence-electron chi connectivity index (χ1n) is 12.4. The highest BCUT2D eigenvalue weighted by atomic mass is 16.3. The van der Waals surface area contributed by atoms with E-state index in [9.17, 15) is 5.11 Å². The minimum atomic E-state index is -0.159. The van der Waals surface area contributed by atoms with Gasteiger partial charge in [0.05, 0.1) is 6.10 Å². The summed E-state index contributed by atoms with van der Waals surface area (Å²) in [7, 11) is 0. The summed E-state index contributed by atoms with van der Waals surface area (Å²) in [6.07, 6.45) is 24.7. The Labute approximate surface area is 177 Å². The molecule has 2 saturated heterocycles. The molecule has 0 radical (unpaired) electrons. The number of allylic oxidation sites excluding steroid dienone is 4. The van der Waals surface area contributed by atoms with Crippen molar-refractivity contribution >= 4 is 0 Å². The number of rotatable bonds is 0. The van der Waals surface area contributed by atoms with Crippen LogP contribution in [0.3, 0.4) is 0 Å². The highest BCUT2D eigenvalue weighted by Crippen LogP contribution is 2.57. The van der Waals surface area contributed by atoms with Gasteiger partial charge in [-0.05, 0) is 83.2 Å². The van der Waals surface area contributed by atoms with Crippen LogP contribution in [0, 0.1) is 17.3 Å². The Hall–Kier alpha value is -0.900. The summed E-state index contributed by atoms with van der Waals surface area (Å²) in [6, 6.07) is 0.551. The Morgan fingerprint density at radius 1 is 0.862 bits per heavy atom. The zero-order valence-corrected chi connectivity index (χ0v) is 18.1. The smallest absolute Gasteiger partial charge is 0.0707 e. The van der Waals surface area contributed by atoms with E-state index in [1.165, 1.54) is 83.8 Å². The van der Waals surface area contributed by atoms with E-state index >= 15 is 0 Å². The molecule has 6 aliphatic rings. The summed E-state index contributed by atoms with van der Waals surface area (Å²) in [6.45, 7) is 5.68. The minimum Gasteiger partial charge on any atom is -0.391 e. The van der Waals surface area contributed by atoms with E-state index in [-0.39, 0.29) is 11.5 Å². The number of nitrogens with zero attached hydrogens (tertiary/aromatic N) is 2. The van der Waals surface area contributed by atoms with Crippen molar-refractivity contribution in [2.24, 2.45) is 17.3 Å². The molecule has 6 rings (SSSR count). The molecule has 1 aliphatic carbocycles. The molecular weight excluding hydrogens is 356 g/mol. The van der Waals surface area contributed by atoms with Crippen molar-refractivity contribution in [3.05, 3.63) is 36.0 Å². The number of hydrogen-bond donors (Lipinski definition) is 1. The molecule has 3 heteroatoms. The van der Waals surface area contributed by atoms with E-state index in [1.54, 1.807) is 5.57 Å². The van der Waals surface area contributed by atoms with Crippen molar-refractivity contribution in [3.8, 4) is 0 Å². The fourth-order valence-electron chi connectivity index (χ4n) is 7.55.